The molecule has 0 fully saturated rings. The van der Waals surface area contributed by atoms with E-state index in [1.165, 1.54) is 23.6 Å². The number of hydrogen-bond donors (Lipinski definition) is 1. The summed E-state index contributed by atoms with van der Waals surface area (Å²) in [6.45, 7) is 2.21. The molecule has 7 heteroatoms. The van der Waals surface area contributed by atoms with Gasteiger partial charge in [0.25, 0.3) is 5.69 Å². The van der Waals surface area contributed by atoms with Crippen LogP contribution < -0.4 is 5.32 Å². The molecule has 0 saturated carbocycles. The second kappa shape index (κ2) is 5.32. The molecule has 0 aromatic carbocycles. The number of halogens is 1. The predicted molar refractivity (Wildman–Crippen MR) is 72.3 cm³/mol. The number of rotatable bonds is 4. The van der Waals surface area contributed by atoms with Crippen molar-refractivity contribution in [3.63, 3.8) is 0 Å². The number of thiophene rings is 1. The number of nitrogens with one attached hydrogen (secondary N) is 1. The maximum absolute atomic E-state index is 10.8. The Labute approximate surface area is 113 Å². The summed E-state index contributed by atoms with van der Waals surface area (Å²) in [6, 6.07) is 5.15. The van der Waals surface area contributed by atoms with E-state index in [4.69, 9.17) is 11.6 Å². The zero-order chi connectivity index (χ0) is 13.1. The minimum atomic E-state index is -0.412. The van der Waals surface area contributed by atoms with Crippen LogP contribution in [0.25, 0.3) is 0 Å². The first-order valence-corrected chi connectivity index (χ1v) is 6.35. The van der Waals surface area contributed by atoms with Gasteiger partial charge in [-0.15, -0.1) is 11.3 Å². The standard InChI is InChI=1S/C11H10ClN3O2S/c1-7-5-13-11(4-9(7)15(16)17)14-6-8-2-3-10(12)18-8/h2-5H,6H2,1H3,(H,13,14). The first-order chi connectivity index (χ1) is 8.56. The average molecular weight is 284 g/mol. The van der Waals surface area contributed by atoms with Crippen molar-refractivity contribution in [2.75, 3.05) is 5.32 Å². The fourth-order valence-corrected chi connectivity index (χ4v) is 2.46. The number of nitrogens with zero attached hydrogens (tertiary/aromatic N) is 2. The van der Waals surface area contributed by atoms with Crippen LogP contribution in [0.5, 0.6) is 0 Å². The minimum absolute atomic E-state index is 0.0664. The smallest absolute Gasteiger partial charge is 0.277 e. The van der Waals surface area contributed by atoms with Gasteiger partial charge in [-0.2, -0.15) is 0 Å². The third-order valence-corrected chi connectivity index (χ3v) is 3.58. The number of aryl methyl sites for hydroxylation is 1. The van der Waals surface area contributed by atoms with Crippen LogP contribution in [0, 0.1) is 17.0 Å². The summed E-state index contributed by atoms with van der Waals surface area (Å²) in [5.41, 5.74) is 0.612. The molecule has 0 radical (unpaired) electrons. The SMILES string of the molecule is Cc1cnc(NCc2ccc(Cl)s2)cc1[N+](=O)[O-]. The van der Waals surface area contributed by atoms with Crippen molar-refractivity contribution < 1.29 is 4.92 Å². The molecule has 0 bridgehead atoms. The van der Waals surface area contributed by atoms with Gasteiger partial charge >= 0.3 is 0 Å². The Morgan fingerprint density at radius 1 is 1.56 bits per heavy atom. The van der Waals surface area contributed by atoms with Crippen molar-refractivity contribution in [3.8, 4) is 0 Å². The molecule has 0 saturated heterocycles. The van der Waals surface area contributed by atoms with E-state index in [0.717, 1.165) is 9.21 Å². The molecule has 2 heterocycles. The van der Waals surface area contributed by atoms with E-state index in [1.807, 2.05) is 12.1 Å². The second-order valence-corrected chi connectivity index (χ2v) is 5.47. The average Bonchev–Trinajstić information content (AvgIpc) is 2.74. The van der Waals surface area contributed by atoms with E-state index < -0.39 is 4.92 Å². The summed E-state index contributed by atoms with van der Waals surface area (Å²) < 4.78 is 0.717. The van der Waals surface area contributed by atoms with Crippen molar-refractivity contribution in [2.24, 2.45) is 0 Å². The van der Waals surface area contributed by atoms with Gasteiger partial charge in [0.1, 0.15) is 5.82 Å². The lowest BCUT2D eigenvalue weighted by Crippen LogP contribution is -2.01. The molecule has 2 aromatic rings. The first-order valence-electron chi connectivity index (χ1n) is 5.15. The van der Waals surface area contributed by atoms with Crippen molar-refractivity contribution >= 4 is 34.4 Å². The largest absolute Gasteiger partial charge is 0.365 e. The molecule has 0 atom stereocenters. The van der Waals surface area contributed by atoms with Crippen LogP contribution in [-0.4, -0.2) is 9.91 Å². The molecule has 1 N–H and O–H groups in total. The normalized spacial score (nSPS) is 10.3. The van der Waals surface area contributed by atoms with Gasteiger partial charge in [-0.1, -0.05) is 11.6 Å². The molecule has 0 unspecified atom stereocenters. The van der Waals surface area contributed by atoms with E-state index in [2.05, 4.69) is 10.3 Å². The highest BCUT2D eigenvalue weighted by molar-refractivity contribution is 7.16. The Hall–Kier alpha value is -1.66. The molecule has 0 spiro atoms. The molecule has 2 aromatic heterocycles. The third-order valence-electron chi connectivity index (χ3n) is 2.34. The summed E-state index contributed by atoms with van der Waals surface area (Å²) in [6.07, 6.45) is 1.49. The Balaban J connectivity index is 2.10. The Morgan fingerprint density at radius 3 is 2.94 bits per heavy atom. The van der Waals surface area contributed by atoms with Gasteiger partial charge in [-0.25, -0.2) is 4.98 Å². The van der Waals surface area contributed by atoms with E-state index >= 15 is 0 Å². The van der Waals surface area contributed by atoms with E-state index in [9.17, 15) is 10.1 Å². The monoisotopic (exact) mass is 283 g/mol. The Kier molecular flexibility index (Phi) is 3.78. The highest BCUT2D eigenvalue weighted by atomic mass is 35.5. The topological polar surface area (TPSA) is 68.1 Å². The maximum atomic E-state index is 10.8. The van der Waals surface area contributed by atoms with Gasteiger partial charge in [-0.05, 0) is 19.1 Å². The van der Waals surface area contributed by atoms with Crippen molar-refractivity contribution in [2.45, 2.75) is 13.5 Å². The molecule has 0 aliphatic rings. The lowest BCUT2D eigenvalue weighted by molar-refractivity contribution is -0.385. The molecular formula is C11H10ClN3O2S. The van der Waals surface area contributed by atoms with Crippen LogP contribution >= 0.6 is 22.9 Å². The number of pyridine rings is 1. The highest BCUT2D eigenvalue weighted by Gasteiger charge is 2.11. The first kappa shape index (κ1) is 12.8. The van der Waals surface area contributed by atoms with Gasteiger partial charge < -0.3 is 5.32 Å². The quantitative estimate of drug-likeness (QED) is 0.687. The summed E-state index contributed by atoms with van der Waals surface area (Å²) in [7, 11) is 0. The van der Waals surface area contributed by atoms with Crippen LogP contribution in [0.4, 0.5) is 11.5 Å². The zero-order valence-corrected chi connectivity index (χ0v) is 11.1. The Bertz CT molecular complexity index is 585. The molecule has 0 aliphatic carbocycles. The molecule has 0 aliphatic heterocycles. The Morgan fingerprint density at radius 2 is 2.33 bits per heavy atom. The molecule has 2 rings (SSSR count). The van der Waals surface area contributed by atoms with Crippen LogP contribution in [0.3, 0.4) is 0 Å². The van der Waals surface area contributed by atoms with Gasteiger partial charge in [-0.3, -0.25) is 10.1 Å². The molecule has 94 valence electrons. The molecule has 5 nitrogen and oxygen atoms in total. The number of hydrogen-bond acceptors (Lipinski definition) is 5. The third kappa shape index (κ3) is 2.96. The minimum Gasteiger partial charge on any atom is -0.365 e. The lowest BCUT2D eigenvalue weighted by atomic mass is 10.2. The summed E-state index contributed by atoms with van der Waals surface area (Å²) in [4.78, 5) is 15.5. The highest BCUT2D eigenvalue weighted by Crippen LogP contribution is 2.23. The molecular weight excluding hydrogens is 274 g/mol. The van der Waals surface area contributed by atoms with E-state index in [-0.39, 0.29) is 5.69 Å². The second-order valence-electron chi connectivity index (χ2n) is 3.67. The van der Waals surface area contributed by atoms with Gasteiger partial charge in [0.05, 0.1) is 21.9 Å². The predicted octanol–water partition coefficient (Wildman–Crippen LogP) is 3.63. The van der Waals surface area contributed by atoms with E-state index in [0.29, 0.717) is 17.9 Å². The van der Waals surface area contributed by atoms with Gasteiger partial charge in [0.15, 0.2) is 0 Å². The van der Waals surface area contributed by atoms with Crippen LogP contribution in [0.2, 0.25) is 4.34 Å². The van der Waals surface area contributed by atoms with Gasteiger partial charge in [0.2, 0.25) is 0 Å². The number of aromatic nitrogens is 1. The summed E-state index contributed by atoms with van der Waals surface area (Å²) >= 11 is 7.28. The van der Waals surface area contributed by atoms with Crippen molar-refractivity contribution in [1.29, 1.82) is 0 Å². The van der Waals surface area contributed by atoms with Crippen LogP contribution in [0.1, 0.15) is 10.4 Å². The van der Waals surface area contributed by atoms with Crippen molar-refractivity contribution in [3.05, 3.63) is 49.3 Å². The molecule has 0 amide bonds. The van der Waals surface area contributed by atoms with Crippen LogP contribution in [-0.2, 0) is 6.54 Å². The van der Waals surface area contributed by atoms with Crippen molar-refractivity contribution in [1.82, 2.24) is 4.98 Å². The van der Waals surface area contributed by atoms with Gasteiger partial charge in [0, 0.05) is 16.6 Å². The fourth-order valence-electron chi connectivity index (χ4n) is 1.43. The van der Waals surface area contributed by atoms with E-state index in [1.54, 1.807) is 6.92 Å². The number of nitro groups is 1. The molecule has 18 heavy (non-hydrogen) atoms. The zero-order valence-electron chi connectivity index (χ0n) is 9.51. The fraction of sp³-hybridized carbons (Fsp3) is 0.182. The van der Waals surface area contributed by atoms with Crippen LogP contribution in [0.15, 0.2) is 24.4 Å². The number of anilines is 1. The maximum Gasteiger partial charge on any atom is 0.277 e. The lowest BCUT2D eigenvalue weighted by Gasteiger charge is -2.04. The summed E-state index contributed by atoms with van der Waals surface area (Å²) in [5, 5.41) is 13.8. The summed E-state index contributed by atoms with van der Waals surface area (Å²) in [5.74, 6) is 0.483.